The molecule has 0 spiro atoms. The maximum absolute atomic E-state index is 13.8. The SMILES string of the molecule is CC(C)(C)OC(=O)N1CCC(C(=O)N2CCN(C(=O)c3ccc(NC(=O)c4ncc(Cc5c(C(F)(F)F)n[nH]c5-c5ncc(F)cn5)[nH]4)cc3Cl)CC2)CC1. The summed E-state index contributed by atoms with van der Waals surface area (Å²) in [6, 6.07) is 4.32. The monoisotopic (exact) mass is 788 g/mol. The first-order valence-electron chi connectivity index (χ1n) is 17.3. The first kappa shape index (κ1) is 39.1. The molecule has 3 aromatic heterocycles. The Morgan fingerprint density at radius 1 is 0.927 bits per heavy atom. The highest BCUT2D eigenvalue weighted by Gasteiger charge is 2.39. The third kappa shape index (κ3) is 9.21. The van der Waals surface area contributed by atoms with Gasteiger partial charge < -0.3 is 29.7 Å². The van der Waals surface area contributed by atoms with Gasteiger partial charge in [0.15, 0.2) is 23.2 Å². The number of nitrogens with one attached hydrogen (secondary N) is 3. The van der Waals surface area contributed by atoms with Crippen LogP contribution in [0.2, 0.25) is 5.02 Å². The van der Waals surface area contributed by atoms with E-state index in [0.29, 0.717) is 52.1 Å². The maximum atomic E-state index is 13.8. The lowest BCUT2D eigenvalue weighted by Gasteiger charge is -2.38. The molecule has 2 aliphatic rings. The van der Waals surface area contributed by atoms with Gasteiger partial charge in [-0.25, -0.2) is 24.1 Å². The summed E-state index contributed by atoms with van der Waals surface area (Å²) in [5.41, 5.74) is -1.81. The van der Waals surface area contributed by atoms with Crippen LogP contribution in [0, 0.1) is 11.7 Å². The van der Waals surface area contributed by atoms with Crippen molar-refractivity contribution in [1.29, 1.82) is 0 Å². The first-order chi connectivity index (χ1) is 26.0. The van der Waals surface area contributed by atoms with Crippen molar-refractivity contribution in [2.45, 2.75) is 51.8 Å². The fraction of sp³-hybridized carbons (Fsp3) is 0.429. The van der Waals surface area contributed by atoms with Gasteiger partial charge in [-0.1, -0.05) is 11.6 Å². The summed E-state index contributed by atoms with van der Waals surface area (Å²) in [6.45, 7) is 7.52. The van der Waals surface area contributed by atoms with Crippen LogP contribution in [-0.4, -0.2) is 114 Å². The number of halogens is 5. The number of hydrogen-bond acceptors (Lipinski definition) is 9. The van der Waals surface area contributed by atoms with E-state index in [4.69, 9.17) is 16.3 Å². The fourth-order valence-corrected chi connectivity index (χ4v) is 6.56. The van der Waals surface area contributed by atoms with Gasteiger partial charge in [0.1, 0.15) is 11.3 Å². The fourth-order valence-electron chi connectivity index (χ4n) is 6.30. The molecule has 2 saturated heterocycles. The largest absolute Gasteiger partial charge is 0.444 e. The number of piperazine rings is 1. The van der Waals surface area contributed by atoms with Gasteiger partial charge in [-0.2, -0.15) is 18.3 Å². The summed E-state index contributed by atoms with van der Waals surface area (Å²) in [5, 5.41) is 8.30. The summed E-state index contributed by atoms with van der Waals surface area (Å²) in [6.07, 6.45) is -1.77. The van der Waals surface area contributed by atoms with Crippen LogP contribution in [0.1, 0.15) is 71.5 Å². The Kier molecular flexibility index (Phi) is 11.1. The number of rotatable bonds is 7. The van der Waals surface area contributed by atoms with Crippen LogP contribution in [0.25, 0.3) is 11.5 Å². The lowest BCUT2D eigenvalue weighted by molar-refractivity contribution is -0.141. The molecule has 0 aliphatic carbocycles. The van der Waals surface area contributed by atoms with Crippen LogP contribution >= 0.6 is 11.6 Å². The van der Waals surface area contributed by atoms with Gasteiger partial charge in [0.05, 0.1) is 23.0 Å². The highest BCUT2D eigenvalue weighted by atomic mass is 35.5. The minimum Gasteiger partial charge on any atom is -0.444 e. The van der Waals surface area contributed by atoms with E-state index in [-0.39, 0.29) is 62.6 Å². The number of hydrogen-bond donors (Lipinski definition) is 3. The molecule has 20 heteroatoms. The predicted molar refractivity (Wildman–Crippen MR) is 188 cm³/mol. The molecule has 2 aliphatic heterocycles. The van der Waals surface area contributed by atoms with E-state index in [2.05, 4.69) is 35.5 Å². The Morgan fingerprint density at radius 3 is 2.20 bits per heavy atom. The summed E-state index contributed by atoms with van der Waals surface area (Å²) in [5.74, 6) is -2.51. The zero-order valence-electron chi connectivity index (χ0n) is 30.0. The summed E-state index contributed by atoms with van der Waals surface area (Å²) >= 11 is 6.48. The minimum atomic E-state index is -4.84. The Bertz CT molecular complexity index is 2070. The van der Waals surface area contributed by atoms with Crippen molar-refractivity contribution >= 4 is 41.1 Å². The second-order valence-electron chi connectivity index (χ2n) is 14.1. The lowest BCUT2D eigenvalue weighted by atomic mass is 9.95. The van der Waals surface area contributed by atoms with Gasteiger partial charge in [0, 0.05) is 74.7 Å². The summed E-state index contributed by atoms with van der Waals surface area (Å²) < 4.78 is 60.1. The quantitative estimate of drug-likeness (QED) is 0.213. The number of imidazole rings is 1. The molecule has 0 unspecified atom stereocenters. The lowest BCUT2D eigenvalue weighted by Crippen LogP contribution is -2.53. The van der Waals surface area contributed by atoms with E-state index in [1.807, 2.05) is 0 Å². The summed E-state index contributed by atoms with van der Waals surface area (Å²) in [7, 11) is 0. The number of carbonyl (C=O) groups excluding carboxylic acids is 4. The van der Waals surface area contributed by atoms with Crippen molar-refractivity contribution in [3.05, 3.63) is 76.0 Å². The minimum absolute atomic E-state index is 0.00498. The third-order valence-electron chi connectivity index (χ3n) is 9.02. The second-order valence-corrected chi connectivity index (χ2v) is 14.5. The highest BCUT2D eigenvalue weighted by Crippen LogP contribution is 2.35. The second kappa shape index (κ2) is 15.6. The maximum Gasteiger partial charge on any atom is 0.435 e. The predicted octanol–water partition coefficient (Wildman–Crippen LogP) is 5.18. The molecule has 0 saturated carbocycles. The number of aromatic amines is 2. The van der Waals surface area contributed by atoms with Crippen molar-refractivity contribution in [3.63, 3.8) is 0 Å². The standard InChI is InChI=1S/C35H37ClF4N10O5/c1-34(2,3)55-33(54)50-8-6-19(7-9-50)31(52)48-10-12-49(13-11-48)32(53)23-5-4-21(15-25(23)36)45-30(51)29-43-18-22(44-29)14-24-26(28-41-16-20(37)17-42-28)46-47-27(24)35(38,39)40/h4-5,15-19H,6-14H2,1-3H3,(H,43,44)(H,45,51)(H,46,47). The zero-order chi connectivity index (χ0) is 39.7. The van der Waals surface area contributed by atoms with E-state index in [9.17, 15) is 36.7 Å². The average molecular weight is 789 g/mol. The molecule has 4 amide bonds. The topological polar surface area (TPSA) is 182 Å². The number of benzene rings is 1. The van der Waals surface area contributed by atoms with Crippen LogP contribution in [-0.2, 0) is 22.1 Å². The first-order valence-corrected chi connectivity index (χ1v) is 17.7. The number of alkyl halides is 3. The Morgan fingerprint density at radius 2 is 1.58 bits per heavy atom. The molecule has 5 heterocycles. The molecule has 292 valence electrons. The van der Waals surface area contributed by atoms with E-state index in [1.54, 1.807) is 35.5 Å². The van der Waals surface area contributed by atoms with Crippen LogP contribution in [0.5, 0.6) is 0 Å². The molecule has 2 fully saturated rings. The zero-order valence-corrected chi connectivity index (χ0v) is 30.7. The Labute approximate surface area is 316 Å². The molecule has 0 radical (unpaired) electrons. The van der Waals surface area contributed by atoms with Crippen LogP contribution in [0.4, 0.5) is 28.0 Å². The van der Waals surface area contributed by atoms with Gasteiger partial charge in [0.25, 0.3) is 11.8 Å². The van der Waals surface area contributed by atoms with Gasteiger partial charge in [-0.15, -0.1) is 0 Å². The van der Waals surface area contributed by atoms with Crippen molar-refractivity contribution in [2.24, 2.45) is 5.92 Å². The molecule has 0 bridgehead atoms. The van der Waals surface area contributed by atoms with E-state index in [1.165, 1.54) is 24.4 Å². The molecular formula is C35H37ClF4N10O5. The third-order valence-corrected chi connectivity index (χ3v) is 9.33. The molecule has 3 N–H and O–H groups in total. The van der Waals surface area contributed by atoms with E-state index >= 15 is 0 Å². The molecule has 55 heavy (non-hydrogen) atoms. The molecule has 15 nitrogen and oxygen atoms in total. The van der Waals surface area contributed by atoms with Gasteiger partial charge >= 0.3 is 12.3 Å². The molecular weight excluding hydrogens is 752 g/mol. The Balaban J connectivity index is 1.02. The smallest absolute Gasteiger partial charge is 0.435 e. The number of likely N-dealkylation sites (tertiary alicyclic amines) is 1. The number of aromatic nitrogens is 6. The molecule has 6 rings (SSSR count). The van der Waals surface area contributed by atoms with Crippen molar-refractivity contribution in [2.75, 3.05) is 44.6 Å². The molecule has 0 atom stereocenters. The number of amides is 4. The van der Waals surface area contributed by atoms with Gasteiger partial charge in [-0.05, 0) is 51.8 Å². The van der Waals surface area contributed by atoms with Crippen molar-refractivity contribution < 1.29 is 41.5 Å². The number of nitrogens with zero attached hydrogens (tertiary/aromatic N) is 7. The van der Waals surface area contributed by atoms with Crippen LogP contribution in [0.3, 0.4) is 0 Å². The van der Waals surface area contributed by atoms with Crippen molar-refractivity contribution in [1.82, 2.24) is 44.8 Å². The molecule has 1 aromatic carbocycles. The van der Waals surface area contributed by atoms with Crippen LogP contribution < -0.4 is 5.32 Å². The van der Waals surface area contributed by atoms with E-state index in [0.717, 1.165) is 12.4 Å². The number of piperidine rings is 1. The normalized spacial score (nSPS) is 15.6. The Hall–Kier alpha value is -5.59. The average Bonchev–Trinajstić information content (AvgIpc) is 3.79. The number of anilines is 1. The number of H-pyrrole nitrogens is 2. The van der Waals surface area contributed by atoms with E-state index < -0.39 is 41.7 Å². The summed E-state index contributed by atoms with van der Waals surface area (Å²) in [4.78, 5) is 71.2. The number of ether oxygens (including phenoxy) is 1. The highest BCUT2D eigenvalue weighted by molar-refractivity contribution is 6.34. The van der Waals surface area contributed by atoms with Gasteiger partial charge in [-0.3, -0.25) is 19.5 Å². The van der Waals surface area contributed by atoms with Crippen molar-refractivity contribution in [3.8, 4) is 11.5 Å². The molecule has 4 aromatic rings. The number of carbonyl (C=O) groups is 4. The van der Waals surface area contributed by atoms with Crippen LogP contribution in [0.15, 0.2) is 36.8 Å². The van der Waals surface area contributed by atoms with Gasteiger partial charge in [0.2, 0.25) is 5.91 Å².